The second kappa shape index (κ2) is 7.39. The molecule has 0 radical (unpaired) electrons. The first-order chi connectivity index (χ1) is 12.5. The van der Waals surface area contributed by atoms with Crippen molar-refractivity contribution in [1.82, 2.24) is 5.32 Å². The zero-order valence-electron chi connectivity index (χ0n) is 14.4. The van der Waals surface area contributed by atoms with Crippen LogP contribution in [0.15, 0.2) is 42.5 Å². The molecule has 0 aliphatic heterocycles. The zero-order valence-corrected chi connectivity index (χ0v) is 14.4. The highest BCUT2D eigenvalue weighted by Crippen LogP contribution is 2.26. The first kappa shape index (κ1) is 17.7. The number of hydrogen-bond acceptors (Lipinski definition) is 3. The van der Waals surface area contributed by atoms with Gasteiger partial charge in [-0.2, -0.15) is 0 Å². The summed E-state index contributed by atoms with van der Waals surface area (Å²) >= 11 is 0. The maximum Gasteiger partial charge on any atom is 0.325 e. The summed E-state index contributed by atoms with van der Waals surface area (Å²) in [7, 11) is 0. The number of carboxylic acid groups (broad SMARTS) is 1. The number of carbonyl (C=O) groups is 3. The third kappa shape index (κ3) is 3.74. The summed E-state index contributed by atoms with van der Waals surface area (Å²) in [6.45, 7) is 1.40. The maximum atomic E-state index is 12.6. The lowest BCUT2D eigenvalue weighted by molar-refractivity contribution is -0.138. The molecule has 0 saturated carbocycles. The van der Waals surface area contributed by atoms with E-state index in [0.29, 0.717) is 16.8 Å². The summed E-state index contributed by atoms with van der Waals surface area (Å²) in [6, 6.07) is 11.2. The highest BCUT2D eigenvalue weighted by Gasteiger charge is 2.19. The smallest absolute Gasteiger partial charge is 0.325 e. The Morgan fingerprint density at radius 2 is 1.73 bits per heavy atom. The van der Waals surface area contributed by atoms with Crippen molar-refractivity contribution in [1.29, 1.82) is 0 Å². The SMILES string of the molecule is CC(NC(=O)c1ccc(NC(=O)c2cccc3c2CCC3)cc1)C(=O)O. The molecule has 0 bridgehead atoms. The van der Waals surface area contributed by atoms with Gasteiger partial charge in [-0.15, -0.1) is 0 Å². The Hall–Kier alpha value is -3.15. The second-order valence-corrected chi connectivity index (χ2v) is 6.36. The third-order valence-electron chi connectivity index (χ3n) is 4.51. The molecule has 3 N–H and O–H groups in total. The van der Waals surface area contributed by atoms with Crippen molar-refractivity contribution in [2.75, 3.05) is 5.32 Å². The van der Waals surface area contributed by atoms with E-state index < -0.39 is 17.9 Å². The predicted octanol–water partition coefficient (Wildman–Crippen LogP) is 2.63. The number of aliphatic carboxylic acids is 1. The first-order valence-electron chi connectivity index (χ1n) is 8.51. The van der Waals surface area contributed by atoms with Gasteiger partial charge < -0.3 is 15.7 Å². The Kier molecular flexibility index (Phi) is 5.02. The van der Waals surface area contributed by atoms with Crippen molar-refractivity contribution in [3.05, 3.63) is 64.7 Å². The minimum absolute atomic E-state index is 0.166. The molecule has 0 aromatic heterocycles. The number of aryl methyl sites for hydroxylation is 1. The molecule has 1 aliphatic rings. The van der Waals surface area contributed by atoms with Crippen LogP contribution in [0.25, 0.3) is 0 Å². The van der Waals surface area contributed by atoms with Crippen LogP contribution in [-0.4, -0.2) is 28.9 Å². The molecule has 3 rings (SSSR count). The highest BCUT2D eigenvalue weighted by molar-refractivity contribution is 6.06. The number of hydrogen-bond donors (Lipinski definition) is 3. The van der Waals surface area contributed by atoms with Gasteiger partial charge in [0.15, 0.2) is 0 Å². The second-order valence-electron chi connectivity index (χ2n) is 6.36. The van der Waals surface area contributed by atoms with Crippen molar-refractivity contribution in [2.45, 2.75) is 32.2 Å². The molecule has 0 heterocycles. The molecule has 2 aromatic rings. The fourth-order valence-electron chi connectivity index (χ4n) is 3.08. The van der Waals surface area contributed by atoms with Crippen molar-refractivity contribution in [2.24, 2.45) is 0 Å². The summed E-state index contributed by atoms with van der Waals surface area (Å²) in [6.07, 6.45) is 2.99. The maximum absolute atomic E-state index is 12.6. The molecular formula is C20H20N2O4. The Labute approximate surface area is 151 Å². The van der Waals surface area contributed by atoms with E-state index in [2.05, 4.69) is 16.7 Å². The van der Waals surface area contributed by atoms with Gasteiger partial charge in [0.2, 0.25) is 0 Å². The normalized spacial score (nSPS) is 13.6. The Morgan fingerprint density at radius 3 is 2.42 bits per heavy atom. The standard InChI is InChI=1S/C20H20N2O4/c1-12(20(25)26)21-18(23)14-8-10-15(11-9-14)22-19(24)17-7-3-5-13-4-2-6-16(13)17/h3,5,7-12H,2,4,6H2,1H3,(H,21,23)(H,22,24)(H,25,26). The molecule has 0 spiro atoms. The molecule has 134 valence electrons. The molecule has 0 saturated heterocycles. The van der Waals surface area contributed by atoms with Crippen LogP contribution >= 0.6 is 0 Å². The molecule has 6 heteroatoms. The topological polar surface area (TPSA) is 95.5 Å². The Balaban J connectivity index is 1.68. The summed E-state index contributed by atoms with van der Waals surface area (Å²) in [5, 5.41) is 14.1. The summed E-state index contributed by atoms with van der Waals surface area (Å²) in [5.74, 6) is -1.74. The zero-order chi connectivity index (χ0) is 18.7. The number of benzene rings is 2. The lowest BCUT2D eigenvalue weighted by atomic mass is 10.0. The number of nitrogens with one attached hydrogen (secondary N) is 2. The van der Waals surface area contributed by atoms with Crippen molar-refractivity contribution < 1.29 is 19.5 Å². The fraction of sp³-hybridized carbons (Fsp3) is 0.250. The van der Waals surface area contributed by atoms with Crippen molar-refractivity contribution in [3.8, 4) is 0 Å². The molecule has 1 atom stereocenters. The molecule has 6 nitrogen and oxygen atoms in total. The number of carboxylic acids is 1. The van der Waals surface area contributed by atoms with Gasteiger partial charge in [-0.05, 0) is 67.6 Å². The number of amides is 2. The number of fused-ring (bicyclic) bond motifs is 1. The van der Waals surface area contributed by atoms with Crippen LogP contribution < -0.4 is 10.6 Å². The minimum atomic E-state index is -1.10. The molecular weight excluding hydrogens is 332 g/mol. The number of rotatable bonds is 5. The quantitative estimate of drug-likeness (QED) is 0.771. The molecule has 26 heavy (non-hydrogen) atoms. The van der Waals surface area contributed by atoms with Gasteiger partial charge in [0.05, 0.1) is 0 Å². The molecule has 1 aliphatic carbocycles. The molecule has 2 amide bonds. The van der Waals surface area contributed by atoms with E-state index in [1.807, 2.05) is 12.1 Å². The molecule has 1 unspecified atom stereocenters. The van der Waals surface area contributed by atoms with E-state index in [1.165, 1.54) is 12.5 Å². The van der Waals surface area contributed by atoms with Crippen LogP contribution in [0.2, 0.25) is 0 Å². The van der Waals surface area contributed by atoms with Crippen LogP contribution in [0.4, 0.5) is 5.69 Å². The minimum Gasteiger partial charge on any atom is -0.480 e. The van der Waals surface area contributed by atoms with E-state index >= 15 is 0 Å². The van der Waals surface area contributed by atoms with Gasteiger partial charge >= 0.3 is 5.97 Å². The largest absolute Gasteiger partial charge is 0.480 e. The van der Waals surface area contributed by atoms with E-state index in [4.69, 9.17) is 5.11 Å². The predicted molar refractivity (Wildman–Crippen MR) is 97.4 cm³/mol. The van der Waals surface area contributed by atoms with Crippen LogP contribution in [0.3, 0.4) is 0 Å². The van der Waals surface area contributed by atoms with Gasteiger partial charge in [0.25, 0.3) is 11.8 Å². The monoisotopic (exact) mass is 352 g/mol. The van der Waals surface area contributed by atoms with Crippen LogP contribution in [-0.2, 0) is 17.6 Å². The summed E-state index contributed by atoms with van der Waals surface area (Å²) < 4.78 is 0. The van der Waals surface area contributed by atoms with Crippen LogP contribution in [0.5, 0.6) is 0 Å². The highest BCUT2D eigenvalue weighted by atomic mass is 16.4. The Morgan fingerprint density at radius 1 is 1.00 bits per heavy atom. The van der Waals surface area contributed by atoms with E-state index in [9.17, 15) is 14.4 Å². The van der Waals surface area contributed by atoms with Gasteiger partial charge in [0.1, 0.15) is 6.04 Å². The van der Waals surface area contributed by atoms with Gasteiger partial charge in [-0.1, -0.05) is 12.1 Å². The first-order valence-corrected chi connectivity index (χ1v) is 8.51. The summed E-state index contributed by atoms with van der Waals surface area (Å²) in [5.41, 5.74) is 3.95. The molecule has 0 fully saturated rings. The fourth-order valence-corrected chi connectivity index (χ4v) is 3.08. The number of carbonyl (C=O) groups excluding carboxylic acids is 2. The van der Waals surface area contributed by atoms with Gasteiger partial charge in [-0.3, -0.25) is 14.4 Å². The average molecular weight is 352 g/mol. The van der Waals surface area contributed by atoms with Gasteiger partial charge in [0, 0.05) is 16.8 Å². The lowest BCUT2D eigenvalue weighted by Crippen LogP contribution is -2.38. The lowest BCUT2D eigenvalue weighted by Gasteiger charge is -2.11. The van der Waals surface area contributed by atoms with Crippen molar-refractivity contribution >= 4 is 23.5 Å². The van der Waals surface area contributed by atoms with E-state index in [1.54, 1.807) is 24.3 Å². The van der Waals surface area contributed by atoms with Crippen LogP contribution in [0, 0.1) is 0 Å². The summed E-state index contributed by atoms with van der Waals surface area (Å²) in [4.78, 5) is 35.3. The third-order valence-corrected chi connectivity index (χ3v) is 4.51. The Bertz CT molecular complexity index is 859. The van der Waals surface area contributed by atoms with E-state index in [0.717, 1.165) is 24.8 Å². The van der Waals surface area contributed by atoms with Crippen LogP contribution in [0.1, 0.15) is 45.2 Å². The van der Waals surface area contributed by atoms with Gasteiger partial charge in [-0.25, -0.2) is 0 Å². The number of anilines is 1. The van der Waals surface area contributed by atoms with Crippen molar-refractivity contribution in [3.63, 3.8) is 0 Å². The van der Waals surface area contributed by atoms with E-state index in [-0.39, 0.29) is 5.91 Å². The average Bonchev–Trinajstić information content (AvgIpc) is 3.10. The molecule has 2 aromatic carbocycles.